The van der Waals surface area contributed by atoms with Crippen LogP contribution in [0.2, 0.25) is 0 Å². The summed E-state index contributed by atoms with van der Waals surface area (Å²) in [5.41, 5.74) is 1.50. The van der Waals surface area contributed by atoms with Gasteiger partial charge in [-0.2, -0.15) is 0 Å². The minimum atomic E-state index is -0.512. The zero-order chi connectivity index (χ0) is 14.8. The van der Waals surface area contributed by atoms with Crippen molar-refractivity contribution in [1.82, 2.24) is 5.32 Å². The van der Waals surface area contributed by atoms with Crippen LogP contribution in [0.25, 0.3) is 0 Å². The smallest absolute Gasteiger partial charge is 0.319 e. The summed E-state index contributed by atoms with van der Waals surface area (Å²) in [4.78, 5) is 12.0. The first kappa shape index (κ1) is 14.9. The highest BCUT2D eigenvalue weighted by atomic mass is 16.3. The Morgan fingerprint density at radius 3 is 2.40 bits per heavy atom. The van der Waals surface area contributed by atoms with Crippen molar-refractivity contribution in [3.63, 3.8) is 0 Å². The maximum atomic E-state index is 12.0. The highest BCUT2D eigenvalue weighted by molar-refractivity contribution is 5.89. The highest BCUT2D eigenvalue weighted by Crippen LogP contribution is 2.39. The molecule has 2 rings (SSSR count). The molecule has 0 heterocycles. The van der Waals surface area contributed by atoms with Gasteiger partial charge in [-0.1, -0.05) is 26.0 Å². The zero-order valence-corrected chi connectivity index (χ0v) is 12.4. The molecule has 1 aliphatic rings. The maximum absolute atomic E-state index is 12.0. The van der Waals surface area contributed by atoms with Gasteiger partial charge in [-0.25, -0.2) is 4.79 Å². The number of nitrogens with one attached hydrogen (secondary N) is 2. The van der Waals surface area contributed by atoms with Gasteiger partial charge in [0, 0.05) is 5.69 Å². The predicted molar refractivity (Wildman–Crippen MR) is 80.9 cm³/mol. The fraction of sp³-hybridized carbons (Fsp3) is 0.562. The Morgan fingerprint density at radius 2 is 1.95 bits per heavy atom. The van der Waals surface area contributed by atoms with Gasteiger partial charge in [-0.3, -0.25) is 0 Å². The summed E-state index contributed by atoms with van der Waals surface area (Å²) in [5.74, 6) is 0.868. The molecule has 4 nitrogen and oxygen atoms in total. The van der Waals surface area contributed by atoms with Crippen LogP contribution in [0.15, 0.2) is 24.3 Å². The van der Waals surface area contributed by atoms with E-state index < -0.39 is 5.54 Å². The molecule has 0 radical (unpaired) electrons. The van der Waals surface area contributed by atoms with Crippen LogP contribution in [-0.4, -0.2) is 23.3 Å². The molecule has 3 N–H and O–H groups in total. The maximum Gasteiger partial charge on any atom is 0.319 e. The summed E-state index contributed by atoms with van der Waals surface area (Å²) in [6.45, 7) is 6.14. The molecule has 20 heavy (non-hydrogen) atoms. The van der Waals surface area contributed by atoms with Gasteiger partial charge in [-0.05, 0) is 49.3 Å². The summed E-state index contributed by atoms with van der Waals surface area (Å²) < 4.78 is 0. The van der Waals surface area contributed by atoms with E-state index in [9.17, 15) is 9.90 Å². The van der Waals surface area contributed by atoms with Crippen molar-refractivity contribution in [2.45, 2.75) is 45.1 Å². The second kappa shape index (κ2) is 5.83. The number of benzene rings is 1. The van der Waals surface area contributed by atoms with Crippen LogP contribution in [0.4, 0.5) is 10.5 Å². The number of aliphatic hydroxyl groups excluding tert-OH is 1. The van der Waals surface area contributed by atoms with E-state index in [0.29, 0.717) is 11.8 Å². The average molecular weight is 276 g/mol. The quantitative estimate of drug-likeness (QED) is 0.774. The molecule has 1 atom stereocenters. The molecule has 110 valence electrons. The lowest BCUT2D eigenvalue weighted by atomic mass is 9.97. The van der Waals surface area contributed by atoms with Gasteiger partial charge in [0.05, 0.1) is 12.1 Å². The van der Waals surface area contributed by atoms with E-state index in [-0.39, 0.29) is 12.6 Å². The average Bonchev–Trinajstić information content (AvgIpc) is 3.23. The Morgan fingerprint density at radius 1 is 1.35 bits per heavy atom. The highest BCUT2D eigenvalue weighted by Gasteiger charge is 2.42. The molecule has 1 saturated carbocycles. The van der Waals surface area contributed by atoms with Gasteiger partial charge in [-0.15, -0.1) is 0 Å². The molecule has 1 aromatic carbocycles. The molecule has 0 saturated heterocycles. The second-order valence-electron chi connectivity index (χ2n) is 6.21. The van der Waals surface area contributed by atoms with Gasteiger partial charge < -0.3 is 15.7 Å². The van der Waals surface area contributed by atoms with Crippen molar-refractivity contribution in [3.8, 4) is 0 Å². The Kier molecular flexibility index (Phi) is 4.33. The van der Waals surface area contributed by atoms with Crippen LogP contribution in [0.3, 0.4) is 0 Å². The van der Waals surface area contributed by atoms with Gasteiger partial charge in [0.1, 0.15) is 0 Å². The summed E-state index contributed by atoms with van der Waals surface area (Å²) >= 11 is 0. The largest absolute Gasteiger partial charge is 0.394 e. The zero-order valence-electron chi connectivity index (χ0n) is 12.4. The molecule has 0 spiro atoms. The van der Waals surface area contributed by atoms with E-state index in [0.717, 1.165) is 18.5 Å². The standard InChI is InChI=1S/C16H24N2O2/c1-11(2)12-4-8-14(9-5-12)17-15(20)18-16(3,10-19)13-6-7-13/h4-5,8-9,11,13,19H,6-7,10H2,1-3H3,(H2,17,18,20). The lowest BCUT2D eigenvalue weighted by molar-refractivity contribution is 0.159. The van der Waals surface area contributed by atoms with E-state index in [1.54, 1.807) is 0 Å². The van der Waals surface area contributed by atoms with Crippen LogP contribution < -0.4 is 10.6 Å². The van der Waals surface area contributed by atoms with E-state index in [4.69, 9.17) is 0 Å². The summed E-state index contributed by atoms with van der Waals surface area (Å²) in [6.07, 6.45) is 2.14. The Hall–Kier alpha value is -1.55. The van der Waals surface area contributed by atoms with Crippen molar-refractivity contribution in [2.75, 3.05) is 11.9 Å². The summed E-state index contributed by atoms with van der Waals surface area (Å²) in [5, 5.41) is 15.2. The number of hydrogen-bond donors (Lipinski definition) is 3. The third-order valence-electron chi connectivity index (χ3n) is 4.04. The molecule has 1 unspecified atom stereocenters. The monoisotopic (exact) mass is 276 g/mol. The molecule has 0 aromatic heterocycles. The third-order valence-corrected chi connectivity index (χ3v) is 4.04. The van der Waals surface area contributed by atoms with Gasteiger partial charge in [0.25, 0.3) is 0 Å². The molecule has 1 aliphatic carbocycles. The minimum absolute atomic E-state index is 0.0304. The normalized spacial score (nSPS) is 17.6. The van der Waals surface area contributed by atoms with E-state index in [1.165, 1.54) is 5.56 Å². The Labute approximate surface area is 120 Å². The first-order valence-electron chi connectivity index (χ1n) is 7.24. The first-order valence-corrected chi connectivity index (χ1v) is 7.24. The molecule has 1 aromatic rings. The number of carbonyl (C=O) groups is 1. The topological polar surface area (TPSA) is 61.4 Å². The molecular weight excluding hydrogens is 252 g/mol. The van der Waals surface area contributed by atoms with Crippen molar-refractivity contribution >= 4 is 11.7 Å². The van der Waals surface area contributed by atoms with Crippen molar-refractivity contribution < 1.29 is 9.90 Å². The second-order valence-corrected chi connectivity index (χ2v) is 6.21. The number of amides is 2. The van der Waals surface area contributed by atoms with Crippen LogP contribution >= 0.6 is 0 Å². The van der Waals surface area contributed by atoms with Crippen molar-refractivity contribution in [3.05, 3.63) is 29.8 Å². The van der Waals surface area contributed by atoms with Gasteiger partial charge >= 0.3 is 6.03 Å². The number of rotatable bonds is 5. The number of urea groups is 1. The van der Waals surface area contributed by atoms with Crippen molar-refractivity contribution in [1.29, 1.82) is 0 Å². The molecule has 0 bridgehead atoms. The lowest BCUT2D eigenvalue weighted by Crippen LogP contribution is -2.52. The Bertz CT molecular complexity index is 466. The number of aliphatic hydroxyl groups is 1. The summed E-state index contributed by atoms with van der Waals surface area (Å²) in [7, 11) is 0. The van der Waals surface area contributed by atoms with E-state index in [1.807, 2.05) is 31.2 Å². The SMILES string of the molecule is CC(C)c1ccc(NC(=O)NC(C)(CO)C2CC2)cc1. The Balaban J connectivity index is 1.94. The van der Waals surface area contributed by atoms with Gasteiger partial charge in [0.2, 0.25) is 0 Å². The molecule has 2 amide bonds. The van der Waals surface area contributed by atoms with Crippen LogP contribution in [-0.2, 0) is 0 Å². The minimum Gasteiger partial charge on any atom is -0.394 e. The number of anilines is 1. The molecular formula is C16H24N2O2. The molecule has 0 aliphatic heterocycles. The fourth-order valence-corrected chi connectivity index (χ4v) is 2.36. The molecule has 1 fully saturated rings. The molecule has 4 heteroatoms. The number of carbonyl (C=O) groups excluding carboxylic acids is 1. The predicted octanol–water partition coefficient (Wildman–Crippen LogP) is 3.09. The fourth-order valence-electron chi connectivity index (χ4n) is 2.36. The number of hydrogen-bond acceptors (Lipinski definition) is 2. The summed E-state index contributed by atoms with van der Waals surface area (Å²) in [6, 6.07) is 7.59. The van der Waals surface area contributed by atoms with Crippen LogP contribution in [0.1, 0.15) is 45.1 Å². The first-order chi connectivity index (χ1) is 9.44. The van der Waals surface area contributed by atoms with Gasteiger partial charge in [0.15, 0.2) is 0 Å². The third kappa shape index (κ3) is 3.51. The van der Waals surface area contributed by atoms with Crippen LogP contribution in [0.5, 0.6) is 0 Å². The van der Waals surface area contributed by atoms with E-state index >= 15 is 0 Å². The van der Waals surface area contributed by atoms with Crippen LogP contribution in [0, 0.1) is 5.92 Å². The van der Waals surface area contributed by atoms with E-state index in [2.05, 4.69) is 24.5 Å². The van der Waals surface area contributed by atoms with Crippen molar-refractivity contribution in [2.24, 2.45) is 5.92 Å². The lowest BCUT2D eigenvalue weighted by Gasteiger charge is -2.28.